The number of likely N-dealkylation sites (tertiary alicyclic amines) is 1. The Morgan fingerprint density at radius 3 is 3.20 bits per heavy atom. The Labute approximate surface area is 117 Å². The molecule has 0 aromatic carbocycles. The number of carbonyl (C=O) groups excluding carboxylic acids is 1. The van der Waals surface area contributed by atoms with E-state index in [1.165, 1.54) is 0 Å². The van der Waals surface area contributed by atoms with Crippen LogP contribution in [0.5, 0.6) is 0 Å². The van der Waals surface area contributed by atoms with E-state index < -0.39 is 0 Å². The Kier molecular flexibility index (Phi) is 3.26. The second-order valence-corrected chi connectivity index (χ2v) is 5.14. The van der Waals surface area contributed by atoms with Crippen molar-refractivity contribution in [2.45, 2.75) is 32.2 Å². The minimum Gasteiger partial charge on any atom is -0.336 e. The lowest BCUT2D eigenvalue weighted by molar-refractivity contribution is 0.0664. The summed E-state index contributed by atoms with van der Waals surface area (Å²) in [5, 5.41) is 4.66. The number of rotatable bonds is 2. The van der Waals surface area contributed by atoms with Gasteiger partial charge in [0.2, 0.25) is 0 Å². The van der Waals surface area contributed by atoms with Gasteiger partial charge < -0.3 is 9.42 Å². The molecule has 1 saturated heterocycles. The van der Waals surface area contributed by atoms with Gasteiger partial charge in [0.1, 0.15) is 0 Å². The van der Waals surface area contributed by atoms with Crippen molar-refractivity contribution in [2.75, 3.05) is 6.54 Å². The predicted octanol–water partition coefficient (Wildman–Crippen LogP) is 2.71. The van der Waals surface area contributed by atoms with Crippen molar-refractivity contribution in [2.24, 2.45) is 0 Å². The Bertz CT molecular complexity index is 662. The third-order valence-electron chi connectivity index (χ3n) is 3.84. The molecule has 104 valence electrons. The van der Waals surface area contributed by atoms with Crippen LogP contribution in [0.15, 0.2) is 29.4 Å². The maximum Gasteiger partial charge on any atom is 0.257 e. The maximum atomic E-state index is 12.6. The number of hydrogen-bond acceptors (Lipinski definition) is 4. The highest BCUT2D eigenvalue weighted by molar-refractivity contribution is 5.97. The maximum absolute atomic E-state index is 12.6. The third kappa shape index (κ3) is 2.09. The summed E-state index contributed by atoms with van der Waals surface area (Å²) in [4.78, 5) is 18.7. The molecule has 3 rings (SSSR count). The fraction of sp³-hybridized carbons (Fsp3) is 0.400. The van der Waals surface area contributed by atoms with E-state index in [4.69, 9.17) is 4.52 Å². The van der Waals surface area contributed by atoms with E-state index in [-0.39, 0.29) is 11.9 Å². The Morgan fingerprint density at radius 2 is 2.40 bits per heavy atom. The largest absolute Gasteiger partial charge is 0.336 e. The molecule has 3 heterocycles. The molecule has 1 amide bonds. The first kappa shape index (κ1) is 12.8. The number of hydrogen-bond donors (Lipinski definition) is 0. The van der Waals surface area contributed by atoms with Crippen molar-refractivity contribution in [1.82, 2.24) is 15.0 Å². The van der Waals surface area contributed by atoms with Gasteiger partial charge in [-0.25, -0.2) is 4.98 Å². The summed E-state index contributed by atoms with van der Waals surface area (Å²) in [6.45, 7) is 6.45. The number of amides is 1. The van der Waals surface area contributed by atoms with Gasteiger partial charge in [-0.3, -0.25) is 4.79 Å². The lowest BCUT2D eigenvalue weighted by Gasteiger charge is -2.33. The van der Waals surface area contributed by atoms with Crippen molar-refractivity contribution in [3.8, 4) is 0 Å². The first-order valence-electron chi connectivity index (χ1n) is 6.86. The molecule has 0 aliphatic carbocycles. The number of pyridine rings is 1. The molecule has 2 aromatic rings. The molecule has 1 aliphatic heterocycles. The monoisotopic (exact) mass is 271 g/mol. The number of fused-ring (bicyclic) bond motifs is 1. The zero-order valence-corrected chi connectivity index (χ0v) is 11.5. The summed E-state index contributed by atoms with van der Waals surface area (Å²) in [6.07, 6.45) is 6.58. The van der Waals surface area contributed by atoms with E-state index in [2.05, 4.69) is 16.7 Å². The third-order valence-corrected chi connectivity index (χ3v) is 3.84. The Hall–Kier alpha value is -2.17. The smallest absolute Gasteiger partial charge is 0.257 e. The van der Waals surface area contributed by atoms with Crippen LogP contribution in [0.25, 0.3) is 11.1 Å². The van der Waals surface area contributed by atoms with Crippen LogP contribution in [-0.4, -0.2) is 33.5 Å². The average molecular weight is 271 g/mol. The molecule has 5 heteroatoms. The highest BCUT2D eigenvalue weighted by Gasteiger charge is 2.26. The van der Waals surface area contributed by atoms with Gasteiger partial charge in [-0.2, -0.15) is 0 Å². The topological polar surface area (TPSA) is 59.2 Å². The lowest BCUT2D eigenvalue weighted by Crippen LogP contribution is -2.42. The lowest BCUT2D eigenvalue weighted by atomic mass is 10.0. The van der Waals surface area contributed by atoms with Gasteiger partial charge in [-0.1, -0.05) is 11.2 Å². The van der Waals surface area contributed by atoms with Gasteiger partial charge >= 0.3 is 0 Å². The fourth-order valence-corrected chi connectivity index (χ4v) is 2.68. The molecule has 0 bridgehead atoms. The number of carbonyl (C=O) groups is 1. The van der Waals surface area contributed by atoms with Crippen molar-refractivity contribution >= 4 is 17.0 Å². The van der Waals surface area contributed by atoms with Gasteiger partial charge in [0.25, 0.3) is 11.6 Å². The van der Waals surface area contributed by atoms with Crippen LogP contribution in [0.3, 0.4) is 0 Å². The predicted molar refractivity (Wildman–Crippen MR) is 75.4 cm³/mol. The second kappa shape index (κ2) is 5.07. The molecule has 20 heavy (non-hydrogen) atoms. The Balaban J connectivity index is 1.94. The van der Waals surface area contributed by atoms with Crippen LogP contribution >= 0.6 is 0 Å². The normalized spacial score (nSPS) is 19.2. The van der Waals surface area contributed by atoms with Crippen LogP contribution < -0.4 is 0 Å². The van der Waals surface area contributed by atoms with E-state index in [0.717, 1.165) is 36.9 Å². The number of aromatic nitrogens is 2. The molecule has 0 radical (unpaired) electrons. The molecule has 2 aromatic heterocycles. The van der Waals surface area contributed by atoms with Crippen LogP contribution in [0.4, 0.5) is 0 Å². The van der Waals surface area contributed by atoms with Crippen molar-refractivity contribution in [3.63, 3.8) is 0 Å². The Morgan fingerprint density at radius 1 is 1.55 bits per heavy atom. The first-order valence-corrected chi connectivity index (χ1v) is 6.86. The van der Waals surface area contributed by atoms with E-state index in [1.54, 1.807) is 6.20 Å². The summed E-state index contributed by atoms with van der Waals surface area (Å²) in [5.74, 6) is 0.00426. The van der Waals surface area contributed by atoms with E-state index in [0.29, 0.717) is 11.3 Å². The van der Waals surface area contributed by atoms with Gasteiger partial charge in [-0.05, 0) is 32.3 Å². The molecular weight excluding hydrogens is 254 g/mol. The zero-order chi connectivity index (χ0) is 14.1. The summed E-state index contributed by atoms with van der Waals surface area (Å²) < 4.78 is 5.07. The number of nitrogens with zero attached hydrogens (tertiary/aromatic N) is 3. The molecule has 0 N–H and O–H groups in total. The summed E-state index contributed by atoms with van der Waals surface area (Å²) in [5.41, 5.74) is 1.80. The molecule has 5 nitrogen and oxygen atoms in total. The van der Waals surface area contributed by atoms with Gasteiger partial charge in [0.15, 0.2) is 0 Å². The molecule has 1 aliphatic rings. The molecule has 0 unspecified atom stereocenters. The number of aryl methyl sites for hydroxylation is 1. The quantitative estimate of drug-likeness (QED) is 0.788. The molecule has 0 saturated carbocycles. The van der Waals surface area contributed by atoms with Gasteiger partial charge in [-0.15, -0.1) is 6.58 Å². The standard InChI is InChI=1S/C15H17N3O2/c1-3-12-6-4-5-7-18(12)15(19)11-8-13-10(2)17-20-14(13)16-9-11/h3,8-9,12H,1,4-7H2,2H3/t12-/m1/s1. The van der Waals surface area contributed by atoms with Crippen LogP contribution in [0.2, 0.25) is 0 Å². The van der Waals surface area contributed by atoms with Crippen LogP contribution in [-0.2, 0) is 0 Å². The second-order valence-electron chi connectivity index (χ2n) is 5.14. The molecule has 1 atom stereocenters. The van der Waals surface area contributed by atoms with E-state index >= 15 is 0 Å². The van der Waals surface area contributed by atoms with Gasteiger partial charge in [0.05, 0.1) is 22.7 Å². The molecular formula is C15H17N3O2. The summed E-state index contributed by atoms with van der Waals surface area (Å²) in [6, 6.07) is 1.93. The molecule has 1 fully saturated rings. The first-order chi connectivity index (χ1) is 9.70. The van der Waals surface area contributed by atoms with Crippen molar-refractivity contribution in [1.29, 1.82) is 0 Å². The summed E-state index contributed by atoms with van der Waals surface area (Å²) in [7, 11) is 0. The fourth-order valence-electron chi connectivity index (χ4n) is 2.68. The minimum atomic E-state index is 0.00426. The zero-order valence-electron chi connectivity index (χ0n) is 11.5. The minimum absolute atomic E-state index is 0.00426. The molecule has 0 spiro atoms. The van der Waals surface area contributed by atoms with Crippen LogP contribution in [0, 0.1) is 6.92 Å². The van der Waals surface area contributed by atoms with E-state index in [9.17, 15) is 4.79 Å². The SMILES string of the molecule is C=C[C@@H]1CCCCN1C(=O)c1cnc2onc(C)c2c1. The highest BCUT2D eigenvalue weighted by atomic mass is 16.5. The number of piperidine rings is 1. The van der Waals surface area contributed by atoms with Crippen molar-refractivity contribution < 1.29 is 9.32 Å². The van der Waals surface area contributed by atoms with E-state index in [1.807, 2.05) is 24.0 Å². The summed E-state index contributed by atoms with van der Waals surface area (Å²) >= 11 is 0. The van der Waals surface area contributed by atoms with Crippen molar-refractivity contribution in [3.05, 3.63) is 36.2 Å². The van der Waals surface area contributed by atoms with Crippen LogP contribution in [0.1, 0.15) is 35.3 Å². The van der Waals surface area contributed by atoms with Gasteiger partial charge in [0, 0.05) is 12.7 Å². The highest BCUT2D eigenvalue weighted by Crippen LogP contribution is 2.22. The average Bonchev–Trinajstić information content (AvgIpc) is 2.87.